The van der Waals surface area contributed by atoms with Gasteiger partial charge in [-0.1, -0.05) is 41.9 Å². The minimum Gasteiger partial charge on any atom is -0.493 e. The summed E-state index contributed by atoms with van der Waals surface area (Å²) in [5.41, 5.74) is 1.87. The average molecular weight is 450 g/mol. The van der Waals surface area contributed by atoms with E-state index in [1.54, 1.807) is 24.3 Å². The van der Waals surface area contributed by atoms with Gasteiger partial charge >= 0.3 is 5.69 Å². The molecule has 2 heterocycles. The molecule has 4 rings (SSSR count). The molecule has 2 N–H and O–H groups in total. The number of aromatic nitrogens is 4. The molecule has 2 aromatic carbocycles. The molecule has 2 aromatic heterocycles. The number of benzene rings is 2. The SMILES string of the molecule is Cc1nn(Cc2ccccc2)c(C)c1N=Cc1c(O)n(-c2ccc(Cl)cc2)c(=O)[nH]c1=O. The Bertz CT molecular complexity index is 1420. The number of rotatable bonds is 5. The summed E-state index contributed by atoms with van der Waals surface area (Å²) in [7, 11) is 0. The highest BCUT2D eigenvalue weighted by Gasteiger charge is 2.16. The van der Waals surface area contributed by atoms with Crippen LogP contribution in [0.4, 0.5) is 5.69 Å². The largest absolute Gasteiger partial charge is 0.493 e. The Morgan fingerprint density at radius 1 is 1.09 bits per heavy atom. The third-order valence-corrected chi connectivity index (χ3v) is 5.30. The van der Waals surface area contributed by atoms with Crippen molar-refractivity contribution in [3.63, 3.8) is 0 Å². The van der Waals surface area contributed by atoms with Crippen LogP contribution in [0.1, 0.15) is 22.5 Å². The molecule has 0 saturated carbocycles. The number of hydrogen-bond donors (Lipinski definition) is 2. The van der Waals surface area contributed by atoms with E-state index in [0.717, 1.165) is 15.8 Å². The smallest absolute Gasteiger partial charge is 0.335 e. The van der Waals surface area contributed by atoms with E-state index in [4.69, 9.17) is 11.6 Å². The van der Waals surface area contributed by atoms with Crippen LogP contribution in [-0.4, -0.2) is 30.7 Å². The quantitative estimate of drug-likeness (QED) is 0.455. The monoisotopic (exact) mass is 449 g/mol. The summed E-state index contributed by atoms with van der Waals surface area (Å²) in [6.45, 7) is 4.28. The maximum Gasteiger partial charge on any atom is 0.335 e. The molecule has 32 heavy (non-hydrogen) atoms. The maximum absolute atomic E-state index is 12.4. The van der Waals surface area contributed by atoms with Crippen molar-refractivity contribution in [2.24, 2.45) is 4.99 Å². The first-order valence-corrected chi connectivity index (χ1v) is 10.2. The van der Waals surface area contributed by atoms with E-state index in [2.05, 4.69) is 15.1 Å². The number of nitrogens with one attached hydrogen (secondary N) is 1. The fourth-order valence-electron chi connectivity index (χ4n) is 3.40. The van der Waals surface area contributed by atoms with Crippen LogP contribution in [0, 0.1) is 13.8 Å². The Morgan fingerprint density at radius 3 is 2.47 bits per heavy atom. The lowest BCUT2D eigenvalue weighted by Crippen LogP contribution is -2.31. The lowest BCUT2D eigenvalue weighted by Gasteiger charge is -2.09. The van der Waals surface area contributed by atoms with Gasteiger partial charge in [0, 0.05) is 11.2 Å². The van der Waals surface area contributed by atoms with Gasteiger partial charge in [-0.3, -0.25) is 19.5 Å². The Kier molecular flexibility index (Phi) is 5.79. The van der Waals surface area contributed by atoms with Crippen molar-refractivity contribution in [2.75, 3.05) is 0 Å². The van der Waals surface area contributed by atoms with Crippen LogP contribution in [-0.2, 0) is 6.54 Å². The number of aryl methyl sites for hydroxylation is 1. The zero-order chi connectivity index (χ0) is 22.8. The molecule has 0 fully saturated rings. The molecule has 0 aliphatic heterocycles. The van der Waals surface area contributed by atoms with Gasteiger partial charge in [0.05, 0.1) is 23.6 Å². The van der Waals surface area contributed by atoms with Gasteiger partial charge in [0.25, 0.3) is 5.56 Å². The fourth-order valence-corrected chi connectivity index (χ4v) is 3.52. The molecule has 4 aromatic rings. The standard InChI is InChI=1S/C23H20ClN5O3/c1-14-20(15(2)28(27-14)13-16-6-4-3-5-7-16)25-12-19-21(30)26-23(32)29(22(19)31)18-10-8-17(24)9-11-18/h3-12,31H,13H2,1-2H3,(H,26,30,32). The third-order valence-electron chi connectivity index (χ3n) is 5.05. The zero-order valence-electron chi connectivity index (χ0n) is 17.4. The highest BCUT2D eigenvalue weighted by atomic mass is 35.5. The van der Waals surface area contributed by atoms with E-state index in [1.165, 1.54) is 6.21 Å². The highest BCUT2D eigenvalue weighted by molar-refractivity contribution is 6.30. The van der Waals surface area contributed by atoms with E-state index >= 15 is 0 Å². The number of aromatic hydroxyl groups is 1. The van der Waals surface area contributed by atoms with Crippen molar-refractivity contribution in [3.05, 3.63) is 103 Å². The van der Waals surface area contributed by atoms with Gasteiger partial charge in [0.2, 0.25) is 5.88 Å². The summed E-state index contributed by atoms with van der Waals surface area (Å²) in [6, 6.07) is 16.2. The molecular formula is C23H20ClN5O3. The summed E-state index contributed by atoms with van der Waals surface area (Å²) in [6.07, 6.45) is 1.24. The predicted molar refractivity (Wildman–Crippen MR) is 124 cm³/mol. The normalized spacial score (nSPS) is 11.3. The summed E-state index contributed by atoms with van der Waals surface area (Å²) in [5.74, 6) is -0.517. The topological polar surface area (TPSA) is 105 Å². The van der Waals surface area contributed by atoms with Gasteiger partial charge < -0.3 is 5.11 Å². The first-order valence-electron chi connectivity index (χ1n) is 9.81. The number of halogens is 1. The van der Waals surface area contributed by atoms with Crippen molar-refractivity contribution in [1.82, 2.24) is 19.3 Å². The lowest BCUT2D eigenvalue weighted by molar-refractivity contribution is 0.430. The Labute approximate surface area is 188 Å². The number of nitrogens with zero attached hydrogens (tertiary/aromatic N) is 4. The molecule has 0 bridgehead atoms. The van der Waals surface area contributed by atoms with Gasteiger partial charge in [0.1, 0.15) is 11.3 Å². The van der Waals surface area contributed by atoms with Gasteiger partial charge in [-0.25, -0.2) is 9.36 Å². The first-order chi connectivity index (χ1) is 15.3. The minimum absolute atomic E-state index is 0.144. The summed E-state index contributed by atoms with van der Waals surface area (Å²) in [4.78, 5) is 31.3. The van der Waals surface area contributed by atoms with Crippen LogP contribution in [0.5, 0.6) is 5.88 Å². The Morgan fingerprint density at radius 2 is 1.78 bits per heavy atom. The van der Waals surface area contributed by atoms with E-state index in [0.29, 0.717) is 28.6 Å². The Hall–Kier alpha value is -3.91. The molecule has 0 radical (unpaired) electrons. The third kappa shape index (κ3) is 4.13. The number of H-pyrrole nitrogens is 1. The average Bonchev–Trinajstić information content (AvgIpc) is 3.02. The van der Waals surface area contributed by atoms with Crippen molar-refractivity contribution in [3.8, 4) is 11.6 Å². The van der Waals surface area contributed by atoms with E-state index in [1.807, 2.05) is 48.9 Å². The fraction of sp³-hybridized carbons (Fsp3) is 0.130. The van der Waals surface area contributed by atoms with Crippen molar-refractivity contribution >= 4 is 23.5 Å². The molecule has 162 valence electrons. The van der Waals surface area contributed by atoms with Crippen LogP contribution in [0.2, 0.25) is 5.02 Å². The number of aliphatic imine (C=N–C) groups is 1. The van der Waals surface area contributed by atoms with Gasteiger partial charge in [-0.15, -0.1) is 0 Å². The molecule has 9 heteroatoms. The van der Waals surface area contributed by atoms with Crippen LogP contribution in [0.25, 0.3) is 5.69 Å². The first kappa shape index (κ1) is 21.3. The van der Waals surface area contributed by atoms with E-state index < -0.39 is 17.1 Å². The molecule has 0 atom stereocenters. The van der Waals surface area contributed by atoms with Gasteiger partial charge in [-0.05, 0) is 43.7 Å². The molecule has 0 aliphatic rings. The Balaban J connectivity index is 1.73. The van der Waals surface area contributed by atoms with Crippen molar-refractivity contribution in [2.45, 2.75) is 20.4 Å². The molecule has 0 aliphatic carbocycles. The van der Waals surface area contributed by atoms with Crippen molar-refractivity contribution in [1.29, 1.82) is 0 Å². The van der Waals surface area contributed by atoms with Crippen LogP contribution >= 0.6 is 11.6 Å². The highest BCUT2D eigenvalue weighted by Crippen LogP contribution is 2.24. The van der Waals surface area contributed by atoms with Crippen molar-refractivity contribution < 1.29 is 5.11 Å². The maximum atomic E-state index is 12.4. The summed E-state index contributed by atoms with van der Waals surface area (Å²) in [5, 5.41) is 15.7. The van der Waals surface area contributed by atoms with Crippen LogP contribution in [0.3, 0.4) is 0 Å². The van der Waals surface area contributed by atoms with Crippen LogP contribution < -0.4 is 11.2 Å². The molecule has 8 nitrogen and oxygen atoms in total. The van der Waals surface area contributed by atoms with Gasteiger partial charge in [-0.2, -0.15) is 5.10 Å². The second-order valence-corrected chi connectivity index (χ2v) is 7.67. The molecule has 0 saturated heterocycles. The van der Waals surface area contributed by atoms with E-state index in [9.17, 15) is 14.7 Å². The lowest BCUT2D eigenvalue weighted by atomic mass is 10.2. The molecule has 0 unspecified atom stereocenters. The molecule has 0 spiro atoms. The molecule has 0 amide bonds. The predicted octanol–water partition coefficient (Wildman–Crippen LogP) is 3.50. The second kappa shape index (κ2) is 8.68. The summed E-state index contributed by atoms with van der Waals surface area (Å²) >= 11 is 5.90. The number of hydrogen-bond acceptors (Lipinski definition) is 5. The zero-order valence-corrected chi connectivity index (χ0v) is 18.2. The van der Waals surface area contributed by atoms with Gasteiger partial charge in [0.15, 0.2) is 0 Å². The number of aromatic amines is 1. The summed E-state index contributed by atoms with van der Waals surface area (Å²) < 4.78 is 2.81. The second-order valence-electron chi connectivity index (χ2n) is 7.23. The van der Waals surface area contributed by atoms with Crippen LogP contribution in [0.15, 0.2) is 69.2 Å². The van der Waals surface area contributed by atoms with E-state index in [-0.39, 0.29) is 5.56 Å². The molecular weight excluding hydrogens is 430 g/mol. The minimum atomic E-state index is -0.769.